The lowest BCUT2D eigenvalue weighted by Crippen LogP contribution is -2.16. The van der Waals surface area contributed by atoms with Crippen molar-refractivity contribution < 1.29 is 5.11 Å². The lowest BCUT2D eigenvalue weighted by molar-refractivity contribution is 0.106. The van der Waals surface area contributed by atoms with Gasteiger partial charge in [0.2, 0.25) is 0 Å². The van der Waals surface area contributed by atoms with Crippen molar-refractivity contribution in [2.75, 3.05) is 0 Å². The fourth-order valence-electron chi connectivity index (χ4n) is 1.40. The summed E-state index contributed by atoms with van der Waals surface area (Å²) in [7, 11) is 0. The zero-order valence-corrected chi connectivity index (χ0v) is 7.43. The molecule has 1 aliphatic carbocycles. The SMILES string of the molecule is CC.C[C@@H]1CCC[C@@H](O)C1. The highest BCUT2D eigenvalue weighted by molar-refractivity contribution is 4.67. The molecule has 2 atom stereocenters. The third kappa shape index (κ3) is 3.89. The van der Waals surface area contributed by atoms with Crippen LogP contribution in [0.4, 0.5) is 0 Å². The predicted octanol–water partition coefficient (Wildman–Crippen LogP) is 2.58. The molecule has 0 unspecified atom stereocenters. The zero-order chi connectivity index (χ0) is 7.98. The van der Waals surface area contributed by atoms with Crippen LogP contribution < -0.4 is 0 Å². The monoisotopic (exact) mass is 144 g/mol. The summed E-state index contributed by atoms with van der Waals surface area (Å²) < 4.78 is 0. The molecule has 1 aliphatic rings. The molecule has 1 heteroatoms. The van der Waals surface area contributed by atoms with Crippen molar-refractivity contribution in [3.8, 4) is 0 Å². The lowest BCUT2D eigenvalue weighted by atomic mass is 9.89. The van der Waals surface area contributed by atoms with Gasteiger partial charge in [0, 0.05) is 0 Å². The van der Waals surface area contributed by atoms with Gasteiger partial charge < -0.3 is 5.11 Å². The molecule has 0 saturated heterocycles. The third-order valence-corrected chi connectivity index (χ3v) is 1.91. The van der Waals surface area contributed by atoms with Crippen LogP contribution in [0.1, 0.15) is 46.5 Å². The van der Waals surface area contributed by atoms with Crippen LogP contribution in [0, 0.1) is 5.92 Å². The highest BCUT2D eigenvalue weighted by Crippen LogP contribution is 2.22. The van der Waals surface area contributed by atoms with Gasteiger partial charge in [0.1, 0.15) is 0 Å². The lowest BCUT2D eigenvalue weighted by Gasteiger charge is -2.21. The Kier molecular flexibility index (Phi) is 5.70. The van der Waals surface area contributed by atoms with E-state index < -0.39 is 0 Å². The molecule has 1 nitrogen and oxygen atoms in total. The van der Waals surface area contributed by atoms with E-state index in [-0.39, 0.29) is 6.10 Å². The smallest absolute Gasteiger partial charge is 0.0542 e. The molecule has 0 aromatic heterocycles. The molecular weight excluding hydrogens is 124 g/mol. The van der Waals surface area contributed by atoms with Crippen molar-refractivity contribution in [1.82, 2.24) is 0 Å². The fraction of sp³-hybridized carbons (Fsp3) is 1.00. The maximum atomic E-state index is 9.08. The van der Waals surface area contributed by atoms with E-state index in [1.165, 1.54) is 12.8 Å². The summed E-state index contributed by atoms with van der Waals surface area (Å²) in [5, 5.41) is 9.08. The van der Waals surface area contributed by atoms with Crippen molar-refractivity contribution in [2.24, 2.45) is 5.92 Å². The van der Waals surface area contributed by atoms with Gasteiger partial charge in [-0.25, -0.2) is 0 Å². The molecule has 1 saturated carbocycles. The molecule has 0 aromatic rings. The van der Waals surface area contributed by atoms with Gasteiger partial charge in [-0.1, -0.05) is 33.6 Å². The minimum absolute atomic E-state index is 0.0127. The third-order valence-electron chi connectivity index (χ3n) is 1.91. The highest BCUT2D eigenvalue weighted by atomic mass is 16.3. The summed E-state index contributed by atoms with van der Waals surface area (Å²) in [6.45, 7) is 6.21. The van der Waals surface area contributed by atoms with Crippen molar-refractivity contribution in [2.45, 2.75) is 52.6 Å². The van der Waals surface area contributed by atoms with E-state index in [2.05, 4.69) is 6.92 Å². The van der Waals surface area contributed by atoms with Crippen LogP contribution in [0.15, 0.2) is 0 Å². The molecule has 1 N–H and O–H groups in total. The van der Waals surface area contributed by atoms with Gasteiger partial charge in [-0.3, -0.25) is 0 Å². The Morgan fingerprint density at radius 2 is 1.80 bits per heavy atom. The predicted molar refractivity (Wildman–Crippen MR) is 45.0 cm³/mol. The van der Waals surface area contributed by atoms with E-state index in [1.54, 1.807) is 0 Å². The normalized spacial score (nSPS) is 32.4. The van der Waals surface area contributed by atoms with Crippen molar-refractivity contribution in [3.05, 3.63) is 0 Å². The molecule has 0 aliphatic heterocycles. The van der Waals surface area contributed by atoms with Crippen LogP contribution >= 0.6 is 0 Å². The quantitative estimate of drug-likeness (QED) is 0.554. The van der Waals surface area contributed by atoms with Crippen LogP contribution in [-0.2, 0) is 0 Å². The minimum atomic E-state index is 0.0127. The average molecular weight is 144 g/mol. The number of hydrogen-bond donors (Lipinski definition) is 1. The molecule has 0 amide bonds. The summed E-state index contributed by atoms with van der Waals surface area (Å²) in [4.78, 5) is 0. The Bertz CT molecular complexity index is 63.1. The van der Waals surface area contributed by atoms with E-state index in [4.69, 9.17) is 5.11 Å². The van der Waals surface area contributed by atoms with Gasteiger partial charge in [-0.05, 0) is 18.8 Å². The van der Waals surface area contributed by atoms with Crippen LogP contribution in [0.5, 0.6) is 0 Å². The zero-order valence-electron chi connectivity index (χ0n) is 7.43. The maximum absolute atomic E-state index is 9.08. The second-order valence-corrected chi connectivity index (χ2v) is 2.93. The van der Waals surface area contributed by atoms with Gasteiger partial charge in [0.25, 0.3) is 0 Å². The number of aliphatic hydroxyl groups is 1. The first-order valence-corrected chi connectivity index (χ1v) is 4.47. The molecule has 1 fully saturated rings. The highest BCUT2D eigenvalue weighted by Gasteiger charge is 2.15. The molecule has 0 heterocycles. The number of aliphatic hydroxyl groups excluding tert-OH is 1. The molecular formula is C9H20O. The van der Waals surface area contributed by atoms with E-state index >= 15 is 0 Å². The second-order valence-electron chi connectivity index (χ2n) is 2.93. The minimum Gasteiger partial charge on any atom is -0.393 e. The first-order valence-electron chi connectivity index (χ1n) is 4.47. The van der Waals surface area contributed by atoms with Crippen LogP contribution in [0.25, 0.3) is 0 Å². The Balaban J connectivity index is 0.000000371. The first kappa shape index (κ1) is 9.96. The summed E-state index contributed by atoms with van der Waals surface area (Å²) in [5.74, 6) is 0.763. The van der Waals surface area contributed by atoms with Crippen molar-refractivity contribution >= 4 is 0 Å². The summed E-state index contributed by atoms with van der Waals surface area (Å²) in [6.07, 6.45) is 4.61. The van der Waals surface area contributed by atoms with Crippen LogP contribution in [-0.4, -0.2) is 11.2 Å². The van der Waals surface area contributed by atoms with E-state index in [1.807, 2.05) is 13.8 Å². The number of rotatable bonds is 0. The van der Waals surface area contributed by atoms with Crippen LogP contribution in [0.3, 0.4) is 0 Å². The van der Waals surface area contributed by atoms with E-state index in [9.17, 15) is 0 Å². The van der Waals surface area contributed by atoms with Crippen molar-refractivity contribution in [3.63, 3.8) is 0 Å². The Hall–Kier alpha value is -0.0400. The van der Waals surface area contributed by atoms with Crippen LogP contribution in [0.2, 0.25) is 0 Å². The Morgan fingerprint density at radius 3 is 2.10 bits per heavy atom. The Morgan fingerprint density at radius 1 is 1.20 bits per heavy atom. The topological polar surface area (TPSA) is 20.2 Å². The molecule has 1 rings (SSSR count). The molecule has 0 spiro atoms. The number of hydrogen-bond acceptors (Lipinski definition) is 1. The molecule has 62 valence electrons. The average Bonchev–Trinajstić information content (AvgIpc) is 1.91. The molecule has 10 heavy (non-hydrogen) atoms. The summed E-state index contributed by atoms with van der Waals surface area (Å²) in [6, 6.07) is 0. The summed E-state index contributed by atoms with van der Waals surface area (Å²) in [5.41, 5.74) is 0. The molecule has 0 radical (unpaired) electrons. The van der Waals surface area contributed by atoms with E-state index in [0.717, 1.165) is 18.8 Å². The van der Waals surface area contributed by atoms with Gasteiger partial charge in [0.15, 0.2) is 0 Å². The van der Waals surface area contributed by atoms with Gasteiger partial charge in [-0.15, -0.1) is 0 Å². The van der Waals surface area contributed by atoms with Crippen molar-refractivity contribution in [1.29, 1.82) is 0 Å². The maximum Gasteiger partial charge on any atom is 0.0542 e. The van der Waals surface area contributed by atoms with Gasteiger partial charge in [-0.2, -0.15) is 0 Å². The fourth-order valence-corrected chi connectivity index (χ4v) is 1.40. The Labute approximate surface area is 64.5 Å². The molecule has 0 bridgehead atoms. The molecule has 0 aromatic carbocycles. The van der Waals surface area contributed by atoms with Gasteiger partial charge in [0.05, 0.1) is 6.10 Å². The standard InChI is InChI=1S/C7H14O.C2H6/c1-6-3-2-4-7(8)5-6;1-2/h6-8H,2-5H2,1H3;1-2H3/t6-,7-;/m1./s1. The van der Waals surface area contributed by atoms with Gasteiger partial charge >= 0.3 is 0 Å². The summed E-state index contributed by atoms with van der Waals surface area (Å²) >= 11 is 0. The second kappa shape index (κ2) is 5.72. The van der Waals surface area contributed by atoms with E-state index in [0.29, 0.717) is 0 Å². The first-order chi connectivity index (χ1) is 4.79. The largest absolute Gasteiger partial charge is 0.393 e.